The second-order valence-corrected chi connectivity index (χ2v) is 20.5. The van der Waals surface area contributed by atoms with Crippen molar-refractivity contribution in [2.75, 3.05) is 83.4 Å². The van der Waals surface area contributed by atoms with Gasteiger partial charge in [-0.2, -0.15) is 0 Å². The van der Waals surface area contributed by atoms with Gasteiger partial charge in [0.1, 0.15) is 35.8 Å². The summed E-state index contributed by atoms with van der Waals surface area (Å²) >= 11 is 7.53. The molecule has 75 heavy (non-hydrogen) atoms. The summed E-state index contributed by atoms with van der Waals surface area (Å²) in [6, 6.07) is 13.6. The molecule has 2 saturated heterocycles. The molecule has 2 aliphatic heterocycles. The van der Waals surface area contributed by atoms with Crippen LogP contribution in [-0.2, 0) is 40.0 Å². The zero-order valence-corrected chi connectivity index (χ0v) is 44.3. The van der Waals surface area contributed by atoms with Gasteiger partial charge in [0.05, 0.1) is 78.4 Å². The van der Waals surface area contributed by atoms with Crippen molar-refractivity contribution < 1.29 is 47.7 Å². The number of β-amino-alcohol motifs (C(OH)–C–C–N with tert-alkyl or cyclic N) is 1. The van der Waals surface area contributed by atoms with Crippen LogP contribution in [0, 0.1) is 18.2 Å². The summed E-state index contributed by atoms with van der Waals surface area (Å²) in [5.41, 5.74) is 5.45. The Morgan fingerprint density at radius 1 is 0.947 bits per heavy atom. The van der Waals surface area contributed by atoms with Crippen LogP contribution < -0.4 is 26.0 Å². The van der Waals surface area contributed by atoms with E-state index >= 15 is 0 Å². The fourth-order valence-electron chi connectivity index (χ4n) is 8.64. The number of nitrogens with zero attached hydrogens (tertiary/aromatic N) is 6. The summed E-state index contributed by atoms with van der Waals surface area (Å²) in [6.45, 7) is 11.2. The van der Waals surface area contributed by atoms with Crippen LogP contribution in [0.2, 0.25) is 5.02 Å². The number of benzene rings is 3. The van der Waals surface area contributed by atoms with Gasteiger partial charge < -0.3 is 50.4 Å². The number of thiazole rings is 1. The van der Waals surface area contributed by atoms with Crippen molar-refractivity contribution in [2.24, 2.45) is 5.41 Å². The Bertz CT molecular complexity index is 2840. The van der Waals surface area contributed by atoms with Gasteiger partial charge in [-0.25, -0.2) is 19.3 Å². The summed E-state index contributed by atoms with van der Waals surface area (Å²) in [4.78, 5) is 85.8. The maximum Gasteiger partial charge on any atom is 0.248 e. The number of carbonyl (C=O) groups is 5. The average Bonchev–Trinajstić information content (AvgIpc) is 4.01. The van der Waals surface area contributed by atoms with Crippen LogP contribution in [0.1, 0.15) is 51.3 Å². The van der Waals surface area contributed by atoms with E-state index in [0.29, 0.717) is 66.6 Å². The van der Waals surface area contributed by atoms with Gasteiger partial charge in [0.2, 0.25) is 29.5 Å². The lowest BCUT2D eigenvalue weighted by molar-refractivity contribution is -0.144. The van der Waals surface area contributed by atoms with Crippen LogP contribution in [0.3, 0.4) is 0 Å². The smallest absolute Gasteiger partial charge is 0.248 e. The number of aryl methyl sites for hydroxylation is 1. The highest BCUT2D eigenvalue weighted by Crippen LogP contribution is 2.34. The highest BCUT2D eigenvalue weighted by molar-refractivity contribution is 7.13. The molecule has 5 N–H and O–H groups in total. The van der Waals surface area contributed by atoms with E-state index in [2.05, 4.69) is 41.1 Å². The summed E-state index contributed by atoms with van der Waals surface area (Å²) in [7, 11) is 1.49. The van der Waals surface area contributed by atoms with E-state index < -0.39 is 41.2 Å². The number of rotatable bonds is 22. The van der Waals surface area contributed by atoms with E-state index in [1.807, 2.05) is 52.0 Å². The number of nitrogens with one attached hydrogen (secondary N) is 4. The average molecular weight is 1070 g/mol. The van der Waals surface area contributed by atoms with E-state index in [-0.39, 0.29) is 81.5 Å². The standard InChI is InChI=1S/C53H64ClFN10O9S/c1-33-48(75-32-59-33)35-10-8-34(9-11-35)29-56-51(70)43-26-37(66)30-65(43)52(71)49(53(2,3)4)62-46(68)14-21-73-23-24-74-22-15-47(69)64-19-17-63(18-20-64)16-6-7-45(67)61-42-27-38-41(28-44(42)72-5)57-31-58-50(38)60-36-12-13-40(55)39(54)25-36/h6-13,25,27-28,31-32,37,43,49,66H,14-24,26,29-30H2,1-5H3,(H,56,70)(H,61,67)(H,62,68)(H,57,58,60)/b7-6+/t37-,43+,49-/m1/s1. The molecule has 2 aromatic heterocycles. The summed E-state index contributed by atoms with van der Waals surface area (Å²) in [6.07, 6.45) is 3.96. The Kier molecular flexibility index (Phi) is 19.6. The van der Waals surface area contributed by atoms with Crippen molar-refractivity contribution in [1.82, 2.24) is 40.3 Å². The Hall–Kier alpha value is -6.62. The monoisotopic (exact) mass is 1070 g/mol. The van der Waals surface area contributed by atoms with Crippen LogP contribution in [0.5, 0.6) is 5.75 Å². The van der Waals surface area contributed by atoms with Crippen LogP contribution in [-0.4, -0.2) is 155 Å². The summed E-state index contributed by atoms with van der Waals surface area (Å²) < 4.78 is 30.5. The first-order valence-corrected chi connectivity index (χ1v) is 26.0. The number of hydrogen-bond acceptors (Lipinski definition) is 15. The summed E-state index contributed by atoms with van der Waals surface area (Å²) in [5.74, 6) is -1.35. The number of carbonyl (C=O) groups excluding carboxylic acids is 5. The number of likely N-dealkylation sites (tertiary alicyclic amines) is 1. The third-order valence-corrected chi connectivity index (χ3v) is 14.0. The van der Waals surface area contributed by atoms with Gasteiger partial charge in [-0.05, 0) is 47.7 Å². The Morgan fingerprint density at radius 2 is 1.68 bits per heavy atom. The number of fused-ring (bicyclic) bond motifs is 1. The van der Waals surface area contributed by atoms with E-state index in [1.54, 1.807) is 40.0 Å². The third-order valence-electron chi connectivity index (χ3n) is 12.8. The number of hydrogen-bond donors (Lipinski definition) is 5. The molecule has 0 bridgehead atoms. The highest BCUT2D eigenvalue weighted by atomic mass is 35.5. The number of aromatic nitrogens is 3. The van der Waals surface area contributed by atoms with Gasteiger partial charge in [-0.1, -0.05) is 62.7 Å². The normalized spacial score (nSPS) is 16.5. The highest BCUT2D eigenvalue weighted by Gasteiger charge is 2.44. The number of piperazine rings is 1. The number of halogens is 2. The van der Waals surface area contributed by atoms with Gasteiger partial charge in [-0.15, -0.1) is 11.3 Å². The largest absolute Gasteiger partial charge is 0.494 e. The van der Waals surface area contributed by atoms with Gasteiger partial charge in [0.15, 0.2) is 0 Å². The van der Waals surface area contributed by atoms with Crippen molar-refractivity contribution in [2.45, 2.75) is 71.7 Å². The molecule has 19 nitrogen and oxygen atoms in total. The molecule has 400 valence electrons. The topological polar surface area (TPSA) is 230 Å². The molecular formula is C53H64ClFN10O9S. The van der Waals surface area contributed by atoms with Gasteiger partial charge >= 0.3 is 0 Å². The first kappa shape index (κ1) is 56.1. The lowest BCUT2D eigenvalue weighted by Gasteiger charge is -2.35. The van der Waals surface area contributed by atoms with E-state index in [1.165, 1.54) is 42.6 Å². The Morgan fingerprint density at radius 3 is 2.36 bits per heavy atom. The quantitative estimate of drug-likeness (QED) is 0.0404. The van der Waals surface area contributed by atoms with E-state index in [9.17, 15) is 33.5 Å². The number of anilines is 3. The maximum absolute atomic E-state index is 14.0. The zero-order chi connectivity index (χ0) is 53.6. The first-order chi connectivity index (χ1) is 36.0. The minimum absolute atomic E-state index is 0.0182. The van der Waals surface area contributed by atoms with Gasteiger partial charge in [0.25, 0.3) is 0 Å². The minimum atomic E-state index is -0.963. The van der Waals surface area contributed by atoms with Crippen molar-refractivity contribution in [3.8, 4) is 16.2 Å². The molecule has 5 aromatic rings. The van der Waals surface area contributed by atoms with Crippen molar-refractivity contribution in [1.29, 1.82) is 0 Å². The molecule has 0 spiro atoms. The molecule has 0 aliphatic carbocycles. The van der Waals surface area contributed by atoms with E-state index in [0.717, 1.165) is 21.7 Å². The van der Waals surface area contributed by atoms with Crippen LogP contribution >= 0.6 is 22.9 Å². The molecule has 0 saturated carbocycles. The second-order valence-electron chi connectivity index (χ2n) is 19.3. The first-order valence-electron chi connectivity index (χ1n) is 24.7. The second kappa shape index (κ2) is 26.2. The van der Waals surface area contributed by atoms with Crippen LogP contribution in [0.25, 0.3) is 21.3 Å². The van der Waals surface area contributed by atoms with E-state index in [4.69, 9.17) is 25.8 Å². The zero-order valence-electron chi connectivity index (χ0n) is 42.7. The van der Waals surface area contributed by atoms with Crippen molar-refractivity contribution in [3.05, 3.63) is 101 Å². The lowest BCUT2D eigenvalue weighted by Crippen LogP contribution is -2.57. The minimum Gasteiger partial charge on any atom is -0.494 e. The van der Waals surface area contributed by atoms with Crippen molar-refractivity contribution in [3.63, 3.8) is 0 Å². The molecule has 4 heterocycles. The molecule has 5 amide bonds. The molecular weight excluding hydrogens is 1010 g/mol. The predicted molar refractivity (Wildman–Crippen MR) is 284 cm³/mol. The number of amides is 5. The fraction of sp³-hybridized carbons (Fsp3) is 0.434. The molecule has 0 unspecified atom stereocenters. The molecule has 3 aromatic carbocycles. The van der Waals surface area contributed by atoms with Crippen LogP contribution in [0.15, 0.2) is 78.6 Å². The SMILES string of the molecule is COc1cc2ncnc(Nc3ccc(F)c(Cl)c3)c2cc1NC(=O)/C=C/CN1CCN(C(=O)CCOCCOCCC(=O)N[C@H](C(=O)N2C[C@H](O)C[C@H]2C(=O)NCc2ccc(-c3scnc3C)cc2)C(C)(C)C)CC1. The molecule has 2 fully saturated rings. The molecule has 7 rings (SSSR count). The Balaban J connectivity index is 0.760. The fourth-order valence-corrected chi connectivity index (χ4v) is 9.63. The molecule has 22 heteroatoms. The molecule has 2 aliphatic rings. The molecule has 3 atom stereocenters. The Labute approximate surface area is 444 Å². The number of ether oxygens (including phenoxy) is 3. The van der Waals surface area contributed by atoms with Gasteiger partial charge in [-0.3, -0.25) is 28.9 Å². The lowest BCUT2D eigenvalue weighted by atomic mass is 9.85. The predicted octanol–water partition coefficient (Wildman–Crippen LogP) is 5.87. The van der Waals surface area contributed by atoms with Gasteiger partial charge in [0, 0.05) is 81.9 Å². The van der Waals surface area contributed by atoms with Crippen molar-refractivity contribution >= 4 is 80.6 Å². The summed E-state index contributed by atoms with van der Waals surface area (Å²) in [5, 5.41) is 22.9. The number of methoxy groups -OCH3 is 1. The third kappa shape index (κ3) is 15.5. The number of aliphatic hydroxyl groups excluding tert-OH is 1. The number of aliphatic hydroxyl groups is 1. The van der Waals surface area contributed by atoms with Crippen LogP contribution in [0.4, 0.5) is 21.6 Å². The molecule has 0 radical (unpaired) electrons. The maximum atomic E-state index is 14.0.